The molecule has 0 aliphatic carbocycles. The van der Waals surface area contributed by atoms with Crippen LogP contribution in [0.15, 0.2) is 70.4 Å². The van der Waals surface area contributed by atoms with E-state index in [1.54, 1.807) is 28.8 Å². The van der Waals surface area contributed by atoms with Crippen LogP contribution in [0.3, 0.4) is 0 Å². The van der Waals surface area contributed by atoms with Gasteiger partial charge in [0, 0.05) is 5.69 Å². The Morgan fingerprint density at radius 1 is 1.06 bits per heavy atom. The number of rotatable bonds is 7. The molecule has 32 heavy (non-hydrogen) atoms. The van der Waals surface area contributed by atoms with Gasteiger partial charge in [-0.3, -0.25) is 9.36 Å². The Morgan fingerprint density at radius 2 is 1.88 bits per heavy atom. The van der Waals surface area contributed by atoms with Gasteiger partial charge in [0.1, 0.15) is 0 Å². The first-order chi connectivity index (χ1) is 15.4. The minimum absolute atomic E-state index is 0.00816. The maximum Gasteiger partial charge on any atom is 0.337 e. The van der Waals surface area contributed by atoms with Crippen LogP contribution in [0.2, 0.25) is 10.0 Å². The number of anilines is 1. The Morgan fingerprint density at radius 3 is 2.59 bits per heavy atom. The SMILES string of the molecule is O=C(CSc1nnc(-c2ccco2)n1-c1ccccc1Cl)Nc1ccc(Cl)c(C(=O)O)c1. The van der Waals surface area contributed by atoms with Crippen LogP contribution >= 0.6 is 35.0 Å². The number of aromatic carboxylic acids is 1. The summed E-state index contributed by atoms with van der Waals surface area (Å²) in [6, 6.07) is 14.9. The molecule has 1 amide bonds. The highest BCUT2D eigenvalue weighted by atomic mass is 35.5. The number of amides is 1. The monoisotopic (exact) mass is 488 g/mol. The Balaban J connectivity index is 1.56. The third-order valence-corrected chi connectivity index (χ3v) is 5.86. The Labute approximate surface area is 196 Å². The molecule has 0 aliphatic heterocycles. The van der Waals surface area contributed by atoms with Crippen molar-refractivity contribution in [2.75, 3.05) is 11.1 Å². The average Bonchev–Trinajstić information content (AvgIpc) is 3.43. The van der Waals surface area contributed by atoms with E-state index < -0.39 is 5.97 Å². The van der Waals surface area contributed by atoms with E-state index >= 15 is 0 Å². The lowest BCUT2D eigenvalue weighted by Gasteiger charge is -2.11. The highest BCUT2D eigenvalue weighted by Crippen LogP contribution is 2.31. The number of hydrogen-bond donors (Lipinski definition) is 2. The predicted octanol–water partition coefficient (Wildman–Crippen LogP) is 5.26. The molecule has 0 atom stereocenters. The highest BCUT2D eigenvalue weighted by Gasteiger charge is 2.20. The van der Waals surface area contributed by atoms with Gasteiger partial charge in [-0.15, -0.1) is 10.2 Å². The molecule has 2 aromatic heterocycles. The minimum atomic E-state index is -1.18. The number of aromatic nitrogens is 3. The number of carboxylic acid groups (broad SMARTS) is 1. The summed E-state index contributed by atoms with van der Waals surface area (Å²) < 4.78 is 7.18. The number of carboxylic acids is 1. The molecule has 0 spiro atoms. The van der Waals surface area contributed by atoms with Crippen LogP contribution in [-0.2, 0) is 4.79 Å². The number of carbonyl (C=O) groups excluding carboxylic acids is 1. The molecule has 2 N–H and O–H groups in total. The second-order valence-electron chi connectivity index (χ2n) is 6.41. The summed E-state index contributed by atoms with van der Waals surface area (Å²) in [6.45, 7) is 0. The summed E-state index contributed by atoms with van der Waals surface area (Å²) in [5, 5.41) is 21.2. The van der Waals surface area contributed by atoms with Crippen LogP contribution in [0.5, 0.6) is 0 Å². The van der Waals surface area contributed by atoms with Crippen LogP contribution < -0.4 is 5.32 Å². The smallest absolute Gasteiger partial charge is 0.337 e. The molecule has 0 aliphatic rings. The van der Waals surface area contributed by atoms with Crippen molar-refractivity contribution in [1.82, 2.24) is 14.8 Å². The molecule has 0 saturated heterocycles. The number of halogens is 2. The minimum Gasteiger partial charge on any atom is -0.478 e. The van der Waals surface area contributed by atoms with Crippen molar-refractivity contribution in [2.45, 2.75) is 5.16 Å². The first-order valence-corrected chi connectivity index (χ1v) is 10.9. The molecule has 4 rings (SSSR count). The second-order valence-corrected chi connectivity index (χ2v) is 8.16. The molecule has 0 unspecified atom stereocenters. The summed E-state index contributed by atoms with van der Waals surface area (Å²) in [5.74, 6) is -0.613. The maximum atomic E-state index is 12.5. The summed E-state index contributed by atoms with van der Waals surface area (Å²) in [5.41, 5.74) is 0.859. The van der Waals surface area contributed by atoms with Crippen molar-refractivity contribution < 1.29 is 19.1 Å². The van der Waals surface area contributed by atoms with Gasteiger partial charge in [-0.2, -0.15) is 0 Å². The number of hydrogen-bond acceptors (Lipinski definition) is 6. The van der Waals surface area contributed by atoms with Crippen molar-refractivity contribution >= 4 is 52.5 Å². The number of furan rings is 1. The van der Waals surface area contributed by atoms with Crippen molar-refractivity contribution in [3.8, 4) is 17.3 Å². The number of benzene rings is 2. The lowest BCUT2D eigenvalue weighted by molar-refractivity contribution is -0.113. The topological polar surface area (TPSA) is 110 Å². The van der Waals surface area contributed by atoms with Crippen LogP contribution in [0.4, 0.5) is 5.69 Å². The summed E-state index contributed by atoms with van der Waals surface area (Å²) in [6.07, 6.45) is 1.53. The van der Waals surface area contributed by atoms with Crippen molar-refractivity contribution in [2.24, 2.45) is 0 Å². The van der Waals surface area contributed by atoms with E-state index in [0.29, 0.717) is 33.1 Å². The van der Waals surface area contributed by atoms with Crippen LogP contribution in [0.1, 0.15) is 10.4 Å². The molecule has 0 fully saturated rings. The van der Waals surface area contributed by atoms with E-state index in [2.05, 4.69) is 15.5 Å². The Hall–Kier alpha value is -3.27. The fourth-order valence-corrected chi connectivity index (χ4v) is 4.04. The molecular weight excluding hydrogens is 475 g/mol. The average molecular weight is 489 g/mol. The molecule has 0 radical (unpaired) electrons. The Bertz CT molecular complexity index is 1290. The van der Waals surface area contributed by atoms with Crippen LogP contribution in [0.25, 0.3) is 17.3 Å². The van der Waals surface area contributed by atoms with E-state index in [9.17, 15) is 14.7 Å². The zero-order chi connectivity index (χ0) is 22.7. The van der Waals surface area contributed by atoms with E-state index in [0.717, 1.165) is 11.8 Å². The van der Waals surface area contributed by atoms with E-state index in [1.165, 1.54) is 24.5 Å². The molecule has 11 heteroatoms. The number of thioether (sulfide) groups is 1. The normalized spacial score (nSPS) is 10.8. The van der Waals surface area contributed by atoms with E-state index in [1.807, 2.05) is 12.1 Å². The van der Waals surface area contributed by atoms with Gasteiger partial charge in [0.2, 0.25) is 11.7 Å². The van der Waals surface area contributed by atoms with Gasteiger partial charge in [0.15, 0.2) is 10.9 Å². The van der Waals surface area contributed by atoms with Crippen molar-refractivity contribution in [3.63, 3.8) is 0 Å². The zero-order valence-corrected chi connectivity index (χ0v) is 18.5. The van der Waals surface area contributed by atoms with E-state index in [-0.39, 0.29) is 22.2 Å². The lowest BCUT2D eigenvalue weighted by Crippen LogP contribution is -2.15. The number of nitrogens with one attached hydrogen (secondary N) is 1. The van der Waals surface area contributed by atoms with Gasteiger partial charge in [0.25, 0.3) is 0 Å². The summed E-state index contributed by atoms with van der Waals surface area (Å²) >= 11 is 13.4. The molecule has 8 nitrogen and oxygen atoms in total. The standard InChI is InChI=1S/C21H14Cl2N4O4S/c22-14-8-7-12(10-13(14)20(29)30)24-18(28)11-32-21-26-25-19(17-6-3-9-31-17)27(21)16-5-2-1-4-15(16)23/h1-10H,11H2,(H,24,28)(H,29,30). The molecule has 162 valence electrons. The van der Waals surface area contributed by atoms with Gasteiger partial charge >= 0.3 is 5.97 Å². The third-order valence-electron chi connectivity index (χ3n) is 4.28. The first kappa shape index (κ1) is 21.9. The summed E-state index contributed by atoms with van der Waals surface area (Å²) in [7, 11) is 0. The van der Waals surface area contributed by atoms with Crippen molar-refractivity contribution in [3.05, 3.63) is 76.5 Å². The molecular formula is C21H14Cl2N4O4S. The highest BCUT2D eigenvalue weighted by molar-refractivity contribution is 7.99. The van der Waals surface area contributed by atoms with Gasteiger partial charge in [-0.1, -0.05) is 47.1 Å². The maximum absolute atomic E-state index is 12.5. The zero-order valence-electron chi connectivity index (χ0n) is 16.2. The Kier molecular flexibility index (Phi) is 6.50. The molecule has 0 saturated carbocycles. The molecule has 2 aromatic carbocycles. The number of carbonyl (C=O) groups is 2. The van der Waals surface area contributed by atoms with E-state index in [4.69, 9.17) is 27.6 Å². The quantitative estimate of drug-likeness (QED) is 0.341. The molecule has 4 aromatic rings. The fourth-order valence-electron chi connectivity index (χ4n) is 2.87. The predicted molar refractivity (Wildman–Crippen MR) is 122 cm³/mol. The fraction of sp³-hybridized carbons (Fsp3) is 0.0476. The van der Waals surface area contributed by atoms with Gasteiger partial charge in [0.05, 0.1) is 33.3 Å². The van der Waals surface area contributed by atoms with Crippen LogP contribution in [0, 0.1) is 0 Å². The first-order valence-electron chi connectivity index (χ1n) is 9.13. The van der Waals surface area contributed by atoms with Gasteiger partial charge in [-0.25, -0.2) is 4.79 Å². The molecule has 2 heterocycles. The molecule has 0 bridgehead atoms. The third kappa shape index (κ3) is 4.64. The largest absolute Gasteiger partial charge is 0.478 e. The lowest BCUT2D eigenvalue weighted by atomic mass is 10.2. The van der Waals surface area contributed by atoms with Gasteiger partial charge < -0.3 is 14.8 Å². The van der Waals surface area contributed by atoms with Crippen LogP contribution in [-0.4, -0.2) is 37.5 Å². The van der Waals surface area contributed by atoms with Gasteiger partial charge in [-0.05, 0) is 42.5 Å². The van der Waals surface area contributed by atoms with Crippen molar-refractivity contribution in [1.29, 1.82) is 0 Å². The number of nitrogens with zero attached hydrogens (tertiary/aromatic N) is 3. The summed E-state index contributed by atoms with van der Waals surface area (Å²) in [4.78, 5) is 23.7. The number of para-hydroxylation sites is 1. The second kappa shape index (κ2) is 9.47.